The number of nitrogens with one attached hydrogen (secondary N) is 1. The summed E-state index contributed by atoms with van der Waals surface area (Å²) in [4.78, 5) is 33.0. The molecule has 0 aliphatic heterocycles. The van der Waals surface area contributed by atoms with Gasteiger partial charge in [-0.1, -0.05) is 43.5 Å². The summed E-state index contributed by atoms with van der Waals surface area (Å²) < 4.78 is 19.7. The van der Waals surface area contributed by atoms with Crippen molar-refractivity contribution in [3.63, 3.8) is 0 Å². The predicted octanol–water partition coefficient (Wildman–Crippen LogP) is 5.07. The number of pyridine rings is 1. The highest BCUT2D eigenvalue weighted by atomic mass is 19.1. The quantitative estimate of drug-likeness (QED) is 0.534. The molecule has 3 aromatic rings. The third-order valence-electron chi connectivity index (χ3n) is 6.06. The summed E-state index contributed by atoms with van der Waals surface area (Å²) in [5, 5.41) is 3.14. The van der Waals surface area contributed by atoms with E-state index in [1.165, 1.54) is 29.3 Å². The van der Waals surface area contributed by atoms with Crippen molar-refractivity contribution in [2.75, 3.05) is 12.0 Å². The zero-order valence-corrected chi connectivity index (χ0v) is 19.1. The van der Waals surface area contributed by atoms with Gasteiger partial charge in [0, 0.05) is 17.9 Å². The molecule has 7 heteroatoms. The zero-order chi connectivity index (χ0) is 23.9. The minimum atomic E-state index is -1.05. The highest BCUT2D eigenvalue weighted by molar-refractivity contribution is 6.09. The molecule has 0 saturated heterocycles. The highest BCUT2D eigenvalue weighted by Crippen LogP contribution is 2.32. The Morgan fingerprint density at radius 2 is 1.82 bits per heavy atom. The van der Waals surface area contributed by atoms with Gasteiger partial charge in [0.25, 0.3) is 5.91 Å². The number of hydrogen-bond acceptors (Lipinski definition) is 4. The van der Waals surface area contributed by atoms with Crippen LogP contribution < -0.4 is 15.0 Å². The van der Waals surface area contributed by atoms with Crippen molar-refractivity contribution in [1.29, 1.82) is 0 Å². The largest absolute Gasteiger partial charge is 0.497 e. The lowest BCUT2D eigenvalue weighted by Gasteiger charge is -2.33. The molecule has 2 amide bonds. The van der Waals surface area contributed by atoms with Crippen LogP contribution in [0.1, 0.15) is 54.2 Å². The van der Waals surface area contributed by atoms with Gasteiger partial charge >= 0.3 is 0 Å². The zero-order valence-electron chi connectivity index (χ0n) is 19.1. The summed E-state index contributed by atoms with van der Waals surface area (Å²) in [5.41, 5.74) is 0.980. The lowest BCUT2D eigenvalue weighted by Crippen LogP contribution is -2.47. The lowest BCUT2D eigenvalue weighted by atomic mass is 9.94. The van der Waals surface area contributed by atoms with E-state index in [0.717, 1.165) is 32.1 Å². The molecule has 1 unspecified atom stereocenters. The van der Waals surface area contributed by atoms with E-state index in [0.29, 0.717) is 11.3 Å². The highest BCUT2D eigenvalue weighted by Gasteiger charge is 2.35. The van der Waals surface area contributed by atoms with Crippen molar-refractivity contribution in [1.82, 2.24) is 10.3 Å². The molecule has 1 saturated carbocycles. The molecule has 1 heterocycles. The Bertz CT molecular complexity index is 1130. The van der Waals surface area contributed by atoms with Gasteiger partial charge in [0.15, 0.2) is 0 Å². The maximum Gasteiger partial charge on any atom is 0.277 e. The SMILES string of the molecule is COc1cccc(C(C(=O)NC2CCCCC2)N(C(=O)c2ccccn2)c2cccc(F)c2)c1. The Morgan fingerprint density at radius 1 is 1.03 bits per heavy atom. The first-order chi connectivity index (χ1) is 16.6. The Balaban J connectivity index is 1.82. The van der Waals surface area contributed by atoms with Crippen LogP contribution >= 0.6 is 0 Å². The molecule has 1 aliphatic rings. The molecule has 0 radical (unpaired) electrons. The number of methoxy groups -OCH3 is 1. The summed E-state index contributed by atoms with van der Waals surface area (Å²) in [5.74, 6) is -0.780. The average molecular weight is 462 g/mol. The number of aromatic nitrogens is 1. The Labute approximate surface area is 198 Å². The first-order valence-corrected chi connectivity index (χ1v) is 11.5. The van der Waals surface area contributed by atoms with Crippen LogP contribution in [0.25, 0.3) is 0 Å². The van der Waals surface area contributed by atoms with Crippen LogP contribution in [0.2, 0.25) is 0 Å². The van der Waals surface area contributed by atoms with Crippen molar-refractivity contribution in [3.8, 4) is 5.75 Å². The van der Waals surface area contributed by atoms with E-state index in [1.807, 2.05) is 0 Å². The minimum Gasteiger partial charge on any atom is -0.497 e. The number of carbonyl (C=O) groups excluding carboxylic acids is 2. The molecule has 0 bridgehead atoms. The van der Waals surface area contributed by atoms with Crippen LogP contribution in [0.5, 0.6) is 5.75 Å². The topological polar surface area (TPSA) is 71.5 Å². The molecule has 1 N–H and O–H groups in total. The summed E-state index contributed by atoms with van der Waals surface area (Å²) in [7, 11) is 1.54. The Kier molecular flexibility index (Phi) is 7.52. The van der Waals surface area contributed by atoms with Gasteiger partial charge in [0.2, 0.25) is 5.91 Å². The molecule has 6 nitrogen and oxygen atoms in total. The first kappa shape index (κ1) is 23.4. The second-order valence-corrected chi connectivity index (χ2v) is 8.39. The van der Waals surface area contributed by atoms with Crippen molar-refractivity contribution in [2.45, 2.75) is 44.2 Å². The molecule has 4 rings (SSSR count). The van der Waals surface area contributed by atoms with E-state index in [4.69, 9.17) is 4.74 Å². The van der Waals surface area contributed by atoms with Gasteiger partial charge < -0.3 is 10.1 Å². The predicted molar refractivity (Wildman–Crippen MR) is 128 cm³/mol. The first-order valence-electron chi connectivity index (χ1n) is 11.5. The van der Waals surface area contributed by atoms with E-state index >= 15 is 0 Å². The van der Waals surface area contributed by atoms with Gasteiger partial charge in [0.1, 0.15) is 23.3 Å². The van der Waals surface area contributed by atoms with E-state index in [-0.39, 0.29) is 23.3 Å². The number of halogens is 1. The van der Waals surface area contributed by atoms with Crippen LogP contribution in [-0.4, -0.2) is 29.9 Å². The number of ether oxygens (including phenoxy) is 1. The number of rotatable bonds is 7. The van der Waals surface area contributed by atoms with Crippen LogP contribution in [0.4, 0.5) is 10.1 Å². The molecule has 1 aliphatic carbocycles. The fourth-order valence-electron chi connectivity index (χ4n) is 4.38. The van der Waals surface area contributed by atoms with Gasteiger partial charge in [-0.25, -0.2) is 4.39 Å². The summed E-state index contributed by atoms with van der Waals surface area (Å²) in [6, 6.07) is 16.7. The minimum absolute atomic E-state index is 0.0358. The smallest absolute Gasteiger partial charge is 0.277 e. The van der Waals surface area contributed by atoms with Gasteiger partial charge in [-0.15, -0.1) is 0 Å². The van der Waals surface area contributed by atoms with E-state index < -0.39 is 17.8 Å². The number of hydrogen-bond donors (Lipinski definition) is 1. The van der Waals surface area contributed by atoms with Gasteiger partial charge in [-0.05, 0) is 60.9 Å². The molecule has 176 valence electrons. The maximum atomic E-state index is 14.3. The Hall–Kier alpha value is -3.74. The van der Waals surface area contributed by atoms with Crippen molar-refractivity contribution >= 4 is 17.5 Å². The molecule has 2 aromatic carbocycles. The third-order valence-corrected chi connectivity index (χ3v) is 6.06. The second kappa shape index (κ2) is 10.9. The van der Waals surface area contributed by atoms with Gasteiger partial charge in [0.05, 0.1) is 7.11 Å². The van der Waals surface area contributed by atoms with Gasteiger partial charge in [-0.2, -0.15) is 0 Å². The molecular formula is C27H28FN3O3. The number of benzene rings is 2. The summed E-state index contributed by atoms with van der Waals surface area (Å²) in [6.45, 7) is 0. The Morgan fingerprint density at radius 3 is 2.53 bits per heavy atom. The average Bonchev–Trinajstić information content (AvgIpc) is 2.88. The molecule has 0 spiro atoms. The normalized spacial score (nSPS) is 14.8. The van der Waals surface area contributed by atoms with Crippen molar-refractivity contribution in [2.24, 2.45) is 0 Å². The molecular weight excluding hydrogens is 433 g/mol. The number of carbonyl (C=O) groups is 2. The van der Waals surface area contributed by atoms with E-state index in [1.54, 1.807) is 55.6 Å². The molecule has 1 fully saturated rings. The van der Waals surface area contributed by atoms with Crippen molar-refractivity contribution < 1.29 is 18.7 Å². The number of anilines is 1. The van der Waals surface area contributed by atoms with E-state index in [2.05, 4.69) is 10.3 Å². The summed E-state index contributed by atoms with van der Waals surface area (Å²) in [6.07, 6.45) is 6.55. The van der Waals surface area contributed by atoms with Crippen molar-refractivity contribution in [3.05, 3.63) is 90.0 Å². The summed E-state index contributed by atoms with van der Waals surface area (Å²) >= 11 is 0. The fourth-order valence-corrected chi connectivity index (χ4v) is 4.38. The molecule has 1 aromatic heterocycles. The standard InChI is InChI=1S/C27H28FN3O3/c1-34-23-14-7-9-19(17-23)25(26(32)30-21-11-3-2-4-12-21)31(22-13-8-10-20(28)18-22)27(33)24-15-5-6-16-29-24/h5-10,13-18,21,25H,2-4,11-12H2,1H3,(H,30,32). The van der Waals surface area contributed by atoms with Crippen LogP contribution in [0.15, 0.2) is 72.9 Å². The lowest BCUT2D eigenvalue weighted by molar-refractivity contribution is -0.123. The van der Waals surface area contributed by atoms with Crippen LogP contribution in [-0.2, 0) is 4.79 Å². The third kappa shape index (κ3) is 5.42. The number of nitrogens with zero attached hydrogens (tertiary/aromatic N) is 2. The molecule has 34 heavy (non-hydrogen) atoms. The van der Waals surface area contributed by atoms with Gasteiger partial charge in [-0.3, -0.25) is 19.5 Å². The van der Waals surface area contributed by atoms with E-state index in [9.17, 15) is 14.0 Å². The molecule has 1 atom stereocenters. The second-order valence-electron chi connectivity index (χ2n) is 8.39. The maximum absolute atomic E-state index is 14.3. The van der Waals surface area contributed by atoms with Crippen LogP contribution in [0, 0.1) is 5.82 Å². The fraction of sp³-hybridized carbons (Fsp3) is 0.296. The van der Waals surface area contributed by atoms with Crippen LogP contribution in [0.3, 0.4) is 0 Å². The number of amides is 2. The monoisotopic (exact) mass is 461 g/mol.